The minimum atomic E-state index is 0.202. The van der Waals surface area contributed by atoms with Crippen molar-refractivity contribution in [1.29, 1.82) is 0 Å². The van der Waals surface area contributed by atoms with Gasteiger partial charge in [0.05, 0.1) is 6.54 Å². The van der Waals surface area contributed by atoms with Crippen LogP contribution < -0.4 is 5.32 Å². The summed E-state index contributed by atoms with van der Waals surface area (Å²) in [6.45, 7) is 11.7. The first-order chi connectivity index (χ1) is 8.11. The van der Waals surface area contributed by atoms with E-state index in [0.29, 0.717) is 0 Å². The number of hydrogen-bond donors (Lipinski definition) is 1. The molecule has 17 heavy (non-hydrogen) atoms. The standard InChI is InChI=1S/C12H23N5/c1-4-6-17-11(13-10-15-17)8-16-7-5-14-12(2,3)9-16/h10,14H,4-9H2,1-3H3. The highest BCUT2D eigenvalue weighted by Gasteiger charge is 2.26. The summed E-state index contributed by atoms with van der Waals surface area (Å²) < 4.78 is 2.02. The first-order valence-electron chi connectivity index (χ1n) is 6.45. The van der Waals surface area contributed by atoms with E-state index in [9.17, 15) is 0 Å². The molecule has 1 N–H and O–H groups in total. The van der Waals surface area contributed by atoms with Gasteiger partial charge in [0.15, 0.2) is 0 Å². The number of nitrogens with one attached hydrogen (secondary N) is 1. The summed E-state index contributed by atoms with van der Waals surface area (Å²) >= 11 is 0. The van der Waals surface area contributed by atoms with Crippen LogP contribution in [0, 0.1) is 0 Å². The van der Waals surface area contributed by atoms with Crippen LogP contribution in [-0.4, -0.2) is 44.8 Å². The van der Waals surface area contributed by atoms with Crippen LogP contribution in [0.25, 0.3) is 0 Å². The molecule has 1 saturated heterocycles. The molecule has 0 atom stereocenters. The summed E-state index contributed by atoms with van der Waals surface area (Å²) in [5.74, 6) is 1.09. The second-order valence-corrected chi connectivity index (χ2v) is 5.42. The fourth-order valence-electron chi connectivity index (χ4n) is 2.39. The summed E-state index contributed by atoms with van der Waals surface area (Å²) in [7, 11) is 0. The summed E-state index contributed by atoms with van der Waals surface area (Å²) in [5, 5.41) is 7.79. The monoisotopic (exact) mass is 237 g/mol. The molecule has 2 rings (SSSR count). The average molecular weight is 237 g/mol. The Morgan fingerprint density at radius 2 is 2.29 bits per heavy atom. The van der Waals surface area contributed by atoms with Gasteiger partial charge in [0.25, 0.3) is 0 Å². The molecule has 96 valence electrons. The number of hydrogen-bond acceptors (Lipinski definition) is 4. The molecule has 1 fully saturated rings. The van der Waals surface area contributed by atoms with E-state index in [1.54, 1.807) is 6.33 Å². The maximum Gasteiger partial charge on any atom is 0.141 e. The van der Waals surface area contributed by atoms with Gasteiger partial charge < -0.3 is 5.32 Å². The Labute approximate surface area is 103 Å². The Hall–Kier alpha value is -0.940. The van der Waals surface area contributed by atoms with Gasteiger partial charge >= 0.3 is 0 Å². The number of aromatic nitrogens is 3. The molecule has 0 aromatic carbocycles. The quantitative estimate of drug-likeness (QED) is 0.844. The van der Waals surface area contributed by atoms with Gasteiger partial charge in [-0.05, 0) is 20.3 Å². The molecular formula is C12H23N5. The molecule has 2 heterocycles. The second-order valence-electron chi connectivity index (χ2n) is 5.42. The lowest BCUT2D eigenvalue weighted by Crippen LogP contribution is -2.56. The topological polar surface area (TPSA) is 46.0 Å². The van der Waals surface area contributed by atoms with Crippen molar-refractivity contribution in [2.45, 2.75) is 45.8 Å². The molecule has 5 nitrogen and oxygen atoms in total. The molecule has 0 bridgehead atoms. The minimum Gasteiger partial charge on any atom is -0.309 e. The summed E-state index contributed by atoms with van der Waals surface area (Å²) in [4.78, 5) is 6.82. The Morgan fingerprint density at radius 3 is 3.00 bits per heavy atom. The fourth-order valence-corrected chi connectivity index (χ4v) is 2.39. The van der Waals surface area contributed by atoms with Crippen LogP contribution in [0.2, 0.25) is 0 Å². The van der Waals surface area contributed by atoms with E-state index in [1.165, 1.54) is 0 Å². The van der Waals surface area contributed by atoms with Crippen LogP contribution in [0.3, 0.4) is 0 Å². The van der Waals surface area contributed by atoms with E-state index in [1.807, 2.05) is 4.68 Å². The first kappa shape index (κ1) is 12.5. The maximum atomic E-state index is 4.37. The number of rotatable bonds is 4. The average Bonchev–Trinajstić information content (AvgIpc) is 2.65. The largest absolute Gasteiger partial charge is 0.309 e. The van der Waals surface area contributed by atoms with Crippen molar-refractivity contribution in [3.05, 3.63) is 12.2 Å². The zero-order chi connectivity index (χ0) is 12.3. The molecule has 1 aliphatic heterocycles. The van der Waals surface area contributed by atoms with Crippen molar-refractivity contribution < 1.29 is 0 Å². The van der Waals surface area contributed by atoms with Gasteiger partial charge in [0, 0.05) is 31.7 Å². The zero-order valence-corrected chi connectivity index (χ0v) is 11.1. The molecule has 1 aromatic heterocycles. The highest BCUT2D eigenvalue weighted by molar-refractivity contribution is 4.91. The van der Waals surface area contributed by atoms with E-state index in [-0.39, 0.29) is 5.54 Å². The predicted octanol–water partition coefficient (Wildman–Crippen LogP) is 0.872. The molecule has 0 radical (unpaired) electrons. The Morgan fingerprint density at radius 1 is 1.47 bits per heavy atom. The van der Waals surface area contributed by atoms with Crippen molar-refractivity contribution in [3.63, 3.8) is 0 Å². The van der Waals surface area contributed by atoms with Gasteiger partial charge in [-0.1, -0.05) is 6.92 Å². The van der Waals surface area contributed by atoms with Crippen molar-refractivity contribution in [1.82, 2.24) is 25.0 Å². The van der Waals surface area contributed by atoms with Gasteiger partial charge in [-0.25, -0.2) is 9.67 Å². The van der Waals surface area contributed by atoms with Gasteiger partial charge in [-0.2, -0.15) is 5.10 Å². The van der Waals surface area contributed by atoms with E-state index >= 15 is 0 Å². The van der Waals surface area contributed by atoms with E-state index < -0.39 is 0 Å². The van der Waals surface area contributed by atoms with Crippen LogP contribution in [0.5, 0.6) is 0 Å². The SMILES string of the molecule is CCCn1ncnc1CN1CCNC(C)(C)C1. The highest BCUT2D eigenvalue weighted by atomic mass is 15.4. The van der Waals surface area contributed by atoms with Crippen molar-refractivity contribution in [2.24, 2.45) is 0 Å². The number of piperazine rings is 1. The third kappa shape index (κ3) is 3.26. The van der Waals surface area contributed by atoms with Crippen molar-refractivity contribution in [2.75, 3.05) is 19.6 Å². The Balaban J connectivity index is 1.98. The summed E-state index contributed by atoms with van der Waals surface area (Å²) in [6, 6.07) is 0. The highest BCUT2D eigenvalue weighted by Crippen LogP contribution is 2.12. The molecular weight excluding hydrogens is 214 g/mol. The molecule has 5 heteroatoms. The van der Waals surface area contributed by atoms with Crippen LogP contribution in [0.1, 0.15) is 33.0 Å². The van der Waals surface area contributed by atoms with E-state index in [0.717, 1.165) is 45.0 Å². The summed E-state index contributed by atoms with van der Waals surface area (Å²) in [6.07, 6.45) is 2.77. The third-order valence-electron chi connectivity index (χ3n) is 3.15. The molecule has 1 aliphatic rings. The Kier molecular flexibility index (Phi) is 3.79. The lowest BCUT2D eigenvalue weighted by Gasteiger charge is -2.38. The van der Waals surface area contributed by atoms with Gasteiger partial charge in [0.2, 0.25) is 0 Å². The van der Waals surface area contributed by atoms with Gasteiger partial charge in [0.1, 0.15) is 12.2 Å². The molecule has 0 saturated carbocycles. The van der Waals surface area contributed by atoms with E-state index in [4.69, 9.17) is 0 Å². The van der Waals surface area contributed by atoms with Crippen LogP contribution in [-0.2, 0) is 13.1 Å². The van der Waals surface area contributed by atoms with Gasteiger partial charge in [-0.3, -0.25) is 4.90 Å². The zero-order valence-electron chi connectivity index (χ0n) is 11.1. The molecule has 0 unspecified atom stereocenters. The van der Waals surface area contributed by atoms with Gasteiger partial charge in [-0.15, -0.1) is 0 Å². The molecule has 0 spiro atoms. The number of aryl methyl sites for hydroxylation is 1. The number of nitrogens with zero attached hydrogens (tertiary/aromatic N) is 4. The molecule has 0 amide bonds. The fraction of sp³-hybridized carbons (Fsp3) is 0.833. The third-order valence-corrected chi connectivity index (χ3v) is 3.15. The van der Waals surface area contributed by atoms with Crippen molar-refractivity contribution >= 4 is 0 Å². The second kappa shape index (κ2) is 5.14. The molecule has 0 aliphatic carbocycles. The predicted molar refractivity (Wildman–Crippen MR) is 67.7 cm³/mol. The molecule has 1 aromatic rings. The smallest absolute Gasteiger partial charge is 0.141 e. The van der Waals surface area contributed by atoms with Crippen LogP contribution in [0.15, 0.2) is 6.33 Å². The Bertz CT molecular complexity index is 358. The van der Waals surface area contributed by atoms with Crippen molar-refractivity contribution in [3.8, 4) is 0 Å². The summed E-state index contributed by atoms with van der Waals surface area (Å²) in [5.41, 5.74) is 0.202. The maximum absolute atomic E-state index is 4.37. The normalized spacial score (nSPS) is 20.6. The van der Waals surface area contributed by atoms with Crippen LogP contribution in [0.4, 0.5) is 0 Å². The van der Waals surface area contributed by atoms with E-state index in [2.05, 4.69) is 41.1 Å². The minimum absolute atomic E-state index is 0.202. The lowest BCUT2D eigenvalue weighted by atomic mass is 10.0. The van der Waals surface area contributed by atoms with Crippen LogP contribution >= 0.6 is 0 Å². The lowest BCUT2D eigenvalue weighted by molar-refractivity contribution is 0.143. The first-order valence-corrected chi connectivity index (χ1v) is 6.45.